The number of hydrogen-bond acceptors (Lipinski definition) is 3. The van der Waals surface area contributed by atoms with Crippen LogP contribution < -0.4 is 4.90 Å². The average Bonchev–Trinajstić information content (AvgIpc) is 3.07. The Bertz CT molecular complexity index is 624. The number of fused-ring (bicyclic) bond motifs is 3. The van der Waals surface area contributed by atoms with Crippen molar-refractivity contribution in [1.82, 2.24) is 9.80 Å². The molecule has 0 unspecified atom stereocenters. The van der Waals surface area contributed by atoms with Gasteiger partial charge in [0.2, 0.25) is 0 Å². The summed E-state index contributed by atoms with van der Waals surface area (Å²) in [5.41, 5.74) is 2.02. The first-order valence-electron chi connectivity index (χ1n) is 8.70. The molecule has 4 rings (SSSR count). The number of imide groups is 1. The zero-order chi connectivity index (χ0) is 15.8. The largest absolute Gasteiger partial charge is 0.332 e. The molecular weight excluding hydrogens is 290 g/mol. The summed E-state index contributed by atoms with van der Waals surface area (Å²) in [4.78, 5) is 30.9. The Balaban J connectivity index is 1.39. The van der Waals surface area contributed by atoms with Crippen LogP contribution in [0.3, 0.4) is 0 Å². The molecule has 0 N–H and O–H groups in total. The maximum Gasteiger partial charge on any atom is 0.332 e. The highest BCUT2D eigenvalue weighted by atomic mass is 16.2. The second-order valence-electron chi connectivity index (χ2n) is 6.75. The van der Waals surface area contributed by atoms with Crippen LogP contribution in [0.4, 0.5) is 10.5 Å². The number of hydrogen-bond donors (Lipinski definition) is 0. The van der Waals surface area contributed by atoms with Gasteiger partial charge in [-0.2, -0.15) is 0 Å². The van der Waals surface area contributed by atoms with Gasteiger partial charge in [-0.3, -0.25) is 14.6 Å². The van der Waals surface area contributed by atoms with Crippen LogP contribution >= 0.6 is 0 Å². The lowest BCUT2D eigenvalue weighted by atomic mass is 10.1. The normalized spacial score (nSPS) is 24.3. The molecule has 0 saturated carbocycles. The Morgan fingerprint density at radius 2 is 1.78 bits per heavy atom. The molecule has 1 aromatic carbocycles. The van der Waals surface area contributed by atoms with Gasteiger partial charge in [-0.05, 0) is 50.5 Å². The molecule has 3 aliphatic heterocycles. The molecule has 1 aromatic rings. The quantitative estimate of drug-likeness (QED) is 0.801. The highest BCUT2D eigenvalue weighted by molar-refractivity contribution is 6.16. The minimum atomic E-state index is -0.310. The molecule has 2 saturated heterocycles. The summed E-state index contributed by atoms with van der Waals surface area (Å²) in [7, 11) is 0. The lowest BCUT2D eigenvalue weighted by Gasteiger charge is -2.27. The Kier molecular flexibility index (Phi) is 3.81. The maximum atomic E-state index is 12.7. The fraction of sp³-hybridized carbons (Fsp3) is 0.556. The Morgan fingerprint density at radius 3 is 2.61 bits per heavy atom. The summed E-state index contributed by atoms with van der Waals surface area (Å²) in [6, 6.07) is 7.40. The lowest BCUT2D eigenvalue weighted by Crippen LogP contribution is -2.37. The van der Waals surface area contributed by atoms with Crippen molar-refractivity contribution in [2.75, 3.05) is 31.1 Å². The molecular formula is C18H23N3O2. The average molecular weight is 313 g/mol. The molecule has 23 heavy (non-hydrogen) atoms. The third kappa shape index (κ3) is 2.53. The second kappa shape index (κ2) is 5.96. The van der Waals surface area contributed by atoms with Crippen molar-refractivity contribution in [3.05, 3.63) is 29.8 Å². The van der Waals surface area contributed by atoms with E-state index in [9.17, 15) is 9.59 Å². The number of nitrogens with zero attached hydrogens (tertiary/aromatic N) is 3. The van der Waals surface area contributed by atoms with Gasteiger partial charge in [0.15, 0.2) is 0 Å². The SMILES string of the molecule is O=C1[C@@H]2Cc3ccccc3N2C(=O)N1CCCN1CCCCC1. The maximum absolute atomic E-state index is 12.7. The first-order valence-corrected chi connectivity index (χ1v) is 8.70. The van der Waals surface area contributed by atoms with E-state index < -0.39 is 0 Å². The summed E-state index contributed by atoms with van der Waals surface area (Å²) >= 11 is 0. The number of carbonyl (C=O) groups is 2. The van der Waals surface area contributed by atoms with Crippen LogP contribution in [0.25, 0.3) is 0 Å². The standard InChI is InChI=1S/C18H23N3O2/c22-17-16-13-14-7-2-3-8-15(14)21(16)18(23)20(17)12-6-11-19-9-4-1-5-10-19/h2-3,7-8,16H,1,4-6,9-13H2/t16-/m0/s1. The van der Waals surface area contributed by atoms with Gasteiger partial charge in [-0.15, -0.1) is 0 Å². The van der Waals surface area contributed by atoms with Crippen molar-refractivity contribution in [1.29, 1.82) is 0 Å². The first kappa shape index (κ1) is 14.7. The Hall–Kier alpha value is -1.88. The van der Waals surface area contributed by atoms with Crippen LogP contribution in [0.15, 0.2) is 24.3 Å². The Morgan fingerprint density at radius 1 is 1.00 bits per heavy atom. The van der Waals surface area contributed by atoms with Crippen LogP contribution in [-0.2, 0) is 11.2 Å². The first-order chi connectivity index (χ1) is 11.3. The number of piperidine rings is 1. The van der Waals surface area contributed by atoms with Crippen LogP contribution in [-0.4, -0.2) is 54.0 Å². The number of rotatable bonds is 4. The number of carbonyl (C=O) groups excluding carboxylic acids is 2. The van der Waals surface area contributed by atoms with Crippen LogP contribution in [0.5, 0.6) is 0 Å². The summed E-state index contributed by atoms with van der Waals surface area (Å²) in [6.07, 6.45) is 5.40. The number of amides is 3. The third-order valence-electron chi connectivity index (χ3n) is 5.27. The topological polar surface area (TPSA) is 43.9 Å². The van der Waals surface area contributed by atoms with Crippen molar-refractivity contribution in [3.63, 3.8) is 0 Å². The van der Waals surface area contributed by atoms with E-state index in [0.29, 0.717) is 13.0 Å². The van der Waals surface area contributed by atoms with Crippen molar-refractivity contribution >= 4 is 17.6 Å². The monoisotopic (exact) mass is 313 g/mol. The van der Waals surface area contributed by atoms with E-state index >= 15 is 0 Å². The van der Waals surface area contributed by atoms with Crippen molar-refractivity contribution in [2.24, 2.45) is 0 Å². The van der Waals surface area contributed by atoms with E-state index in [0.717, 1.165) is 37.3 Å². The zero-order valence-corrected chi connectivity index (χ0v) is 13.4. The predicted octanol–water partition coefficient (Wildman–Crippen LogP) is 2.26. The van der Waals surface area contributed by atoms with Gasteiger partial charge in [0.1, 0.15) is 6.04 Å². The van der Waals surface area contributed by atoms with E-state index in [1.54, 1.807) is 4.90 Å². The third-order valence-corrected chi connectivity index (χ3v) is 5.27. The number of likely N-dealkylation sites (tertiary alicyclic amines) is 1. The summed E-state index contributed by atoms with van der Waals surface area (Å²) in [5.74, 6) is -0.0233. The molecule has 5 nitrogen and oxygen atoms in total. The van der Waals surface area contributed by atoms with Gasteiger partial charge in [0.25, 0.3) is 5.91 Å². The zero-order valence-electron chi connectivity index (χ0n) is 13.4. The van der Waals surface area contributed by atoms with Gasteiger partial charge >= 0.3 is 6.03 Å². The Labute approximate surface area is 136 Å². The van der Waals surface area contributed by atoms with Crippen molar-refractivity contribution in [2.45, 2.75) is 38.1 Å². The van der Waals surface area contributed by atoms with E-state index in [1.807, 2.05) is 24.3 Å². The predicted molar refractivity (Wildman–Crippen MR) is 88.4 cm³/mol. The van der Waals surface area contributed by atoms with E-state index in [-0.39, 0.29) is 18.0 Å². The molecule has 122 valence electrons. The number of urea groups is 1. The lowest BCUT2D eigenvalue weighted by molar-refractivity contribution is -0.127. The molecule has 0 radical (unpaired) electrons. The molecule has 0 bridgehead atoms. The van der Waals surface area contributed by atoms with Crippen molar-refractivity contribution < 1.29 is 9.59 Å². The van der Waals surface area contributed by atoms with Gasteiger partial charge in [-0.1, -0.05) is 24.6 Å². The number of benzene rings is 1. The number of para-hydroxylation sites is 1. The molecule has 2 fully saturated rings. The van der Waals surface area contributed by atoms with E-state index in [4.69, 9.17) is 0 Å². The highest BCUT2D eigenvalue weighted by Gasteiger charge is 2.49. The van der Waals surface area contributed by atoms with Gasteiger partial charge < -0.3 is 4.90 Å². The smallest absolute Gasteiger partial charge is 0.303 e. The van der Waals surface area contributed by atoms with Crippen LogP contribution in [0.1, 0.15) is 31.2 Å². The molecule has 0 aliphatic carbocycles. The fourth-order valence-electron chi connectivity index (χ4n) is 4.07. The van der Waals surface area contributed by atoms with Gasteiger partial charge in [0, 0.05) is 18.7 Å². The molecule has 3 heterocycles. The van der Waals surface area contributed by atoms with Crippen LogP contribution in [0.2, 0.25) is 0 Å². The summed E-state index contributed by atoms with van der Waals surface area (Å²) in [6.45, 7) is 3.84. The highest BCUT2D eigenvalue weighted by Crippen LogP contribution is 2.37. The molecule has 3 aliphatic rings. The molecule has 5 heteroatoms. The van der Waals surface area contributed by atoms with E-state index in [2.05, 4.69) is 4.90 Å². The summed E-state index contributed by atoms with van der Waals surface area (Å²) in [5, 5.41) is 0. The number of anilines is 1. The second-order valence-corrected chi connectivity index (χ2v) is 6.75. The minimum Gasteiger partial charge on any atom is -0.303 e. The molecule has 3 amide bonds. The van der Waals surface area contributed by atoms with E-state index in [1.165, 1.54) is 24.2 Å². The summed E-state index contributed by atoms with van der Waals surface area (Å²) < 4.78 is 0. The fourth-order valence-corrected chi connectivity index (χ4v) is 4.07. The van der Waals surface area contributed by atoms with Gasteiger partial charge in [-0.25, -0.2) is 4.79 Å². The molecule has 0 spiro atoms. The van der Waals surface area contributed by atoms with Crippen LogP contribution in [0, 0.1) is 0 Å². The molecule has 0 aromatic heterocycles. The van der Waals surface area contributed by atoms with Gasteiger partial charge in [0.05, 0.1) is 0 Å². The van der Waals surface area contributed by atoms with Crippen molar-refractivity contribution in [3.8, 4) is 0 Å². The minimum absolute atomic E-state index is 0.0233. The molecule has 1 atom stereocenters.